The fourth-order valence-electron chi connectivity index (χ4n) is 3.59. The maximum Gasteiger partial charge on any atom is 0.338 e. The molecule has 196 valence electrons. The first-order chi connectivity index (χ1) is 18.4. The second kappa shape index (κ2) is 12.7. The number of ether oxygens (including phenoxy) is 3. The number of halogens is 1. The number of carbonyl (C=O) groups excluding carboxylic acids is 2. The Morgan fingerprint density at radius 3 is 2.50 bits per heavy atom. The van der Waals surface area contributed by atoms with Crippen LogP contribution in [0, 0.1) is 0 Å². The quantitative estimate of drug-likeness (QED) is 0.217. The molecule has 1 amide bonds. The minimum absolute atomic E-state index is 0.156. The predicted octanol–water partition coefficient (Wildman–Crippen LogP) is 6.73. The number of amidine groups is 1. The van der Waals surface area contributed by atoms with Gasteiger partial charge >= 0.3 is 5.97 Å². The van der Waals surface area contributed by atoms with Crippen molar-refractivity contribution in [3.63, 3.8) is 0 Å². The summed E-state index contributed by atoms with van der Waals surface area (Å²) < 4.78 is 16.8. The summed E-state index contributed by atoms with van der Waals surface area (Å²) in [6, 6.07) is 19.8. The van der Waals surface area contributed by atoms with Gasteiger partial charge in [-0.3, -0.25) is 9.69 Å². The molecule has 1 fully saturated rings. The number of aliphatic imine (C=N–C) groups is 1. The number of benzene rings is 3. The number of rotatable bonds is 9. The van der Waals surface area contributed by atoms with Crippen molar-refractivity contribution in [1.82, 2.24) is 4.90 Å². The van der Waals surface area contributed by atoms with Gasteiger partial charge in [-0.25, -0.2) is 9.79 Å². The third-order valence-electron chi connectivity index (χ3n) is 5.46. The average Bonchev–Trinajstić information content (AvgIpc) is 3.16. The number of nitrogens with zero attached hydrogens (tertiary/aromatic N) is 2. The Balaban J connectivity index is 1.50. The first-order valence-corrected chi connectivity index (χ1v) is 13.2. The highest BCUT2D eigenvalue weighted by Gasteiger charge is 2.30. The van der Waals surface area contributed by atoms with Gasteiger partial charge in [0.1, 0.15) is 6.61 Å². The summed E-state index contributed by atoms with van der Waals surface area (Å²) in [6.45, 7) is 4.79. The average molecular weight is 551 g/mol. The van der Waals surface area contributed by atoms with Crippen LogP contribution in [-0.4, -0.2) is 42.2 Å². The largest absolute Gasteiger partial charge is 0.490 e. The molecule has 1 aliphatic heterocycles. The van der Waals surface area contributed by atoms with E-state index in [0.717, 1.165) is 11.1 Å². The van der Waals surface area contributed by atoms with E-state index in [4.69, 9.17) is 25.8 Å². The van der Waals surface area contributed by atoms with Crippen molar-refractivity contribution < 1.29 is 23.8 Å². The van der Waals surface area contributed by atoms with Gasteiger partial charge in [0.2, 0.25) is 0 Å². The van der Waals surface area contributed by atoms with Gasteiger partial charge in [-0.1, -0.05) is 29.8 Å². The van der Waals surface area contributed by atoms with Crippen LogP contribution in [0.2, 0.25) is 5.02 Å². The highest BCUT2D eigenvalue weighted by atomic mass is 35.5. The first-order valence-electron chi connectivity index (χ1n) is 12.1. The summed E-state index contributed by atoms with van der Waals surface area (Å²) >= 11 is 7.35. The molecular formula is C29H27ClN2O5S. The van der Waals surface area contributed by atoms with Crippen LogP contribution in [0.25, 0.3) is 6.08 Å². The minimum atomic E-state index is -0.383. The van der Waals surface area contributed by atoms with Crippen molar-refractivity contribution in [3.05, 3.63) is 93.3 Å². The topological polar surface area (TPSA) is 77.4 Å². The van der Waals surface area contributed by atoms with E-state index in [2.05, 4.69) is 4.99 Å². The van der Waals surface area contributed by atoms with Crippen LogP contribution < -0.4 is 9.47 Å². The second-order valence-corrected chi connectivity index (χ2v) is 9.64. The molecular weight excluding hydrogens is 524 g/mol. The molecule has 0 N–H and O–H groups in total. The fourth-order valence-corrected chi connectivity index (χ4v) is 4.79. The molecule has 0 unspecified atom stereocenters. The lowest BCUT2D eigenvalue weighted by atomic mass is 10.1. The molecule has 7 nitrogen and oxygen atoms in total. The van der Waals surface area contributed by atoms with Gasteiger partial charge in [0.15, 0.2) is 16.7 Å². The van der Waals surface area contributed by atoms with Crippen molar-refractivity contribution in [2.24, 2.45) is 4.99 Å². The van der Waals surface area contributed by atoms with Gasteiger partial charge in [0.05, 0.1) is 29.4 Å². The molecule has 0 saturated carbocycles. The Hall–Kier alpha value is -3.75. The summed E-state index contributed by atoms with van der Waals surface area (Å²) in [5, 5.41) is 1.19. The van der Waals surface area contributed by atoms with Crippen LogP contribution in [0.15, 0.2) is 76.6 Å². The summed E-state index contributed by atoms with van der Waals surface area (Å²) in [6.07, 6.45) is 1.80. The van der Waals surface area contributed by atoms with Crippen LogP contribution >= 0.6 is 23.4 Å². The molecule has 1 aliphatic rings. The van der Waals surface area contributed by atoms with Gasteiger partial charge in [-0.2, -0.15) is 0 Å². The number of thioether (sulfide) groups is 1. The molecule has 0 bridgehead atoms. The predicted molar refractivity (Wildman–Crippen MR) is 151 cm³/mol. The molecule has 1 heterocycles. The van der Waals surface area contributed by atoms with E-state index in [9.17, 15) is 9.59 Å². The zero-order valence-electron chi connectivity index (χ0n) is 21.3. The molecule has 1 saturated heterocycles. The standard InChI is InChI=1S/C29H27ClN2O5S/c1-4-35-25-16-19(9-14-24(25)37-18-20-7-6-8-22(30)15-20)17-26-27(33)32(3)29(38-26)31-23-12-10-21(11-13-23)28(34)36-5-2/h6-17H,4-5,18H2,1-3H3/b26-17-,31-29?. The lowest BCUT2D eigenvalue weighted by Gasteiger charge is -2.13. The van der Waals surface area contributed by atoms with Crippen molar-refractivity contribution in [1.29, 1.82) is 0 Å². The Labute approximate surface area is 231 Å². The van der Waals surface area contributed by atoms with E-state index in [-0.39, 0.29) is 11.9 Å². The SMILES string of the molecule is CCOC(=O)c1ccc(N=C2S/C(=C\c3ccc(OCc4cccc(Cl)c4)c(OCC)c3)C(=O)N2C)cc1. The number of hydrogen-bond donors (Lipinski definition) is 0. The number of amides is 1. The van der Waals surface area contributed by atoms with Crippen molar-refractivity contribution >= 4 is 52.2 Å². The van der Waals surface area contributed by atoms with E-state index in [0.29, 0.717) is 57.7 Å². The number of esters is 1. The molecule has 0 spiro atoms. The smallest absolute Gasteiger partial charge is 0.338 e. The van der Waals surface area contributed by atoms with Crippen molar-refractivity contribution in [2.75, 3.05) is 20.3 Å². The van der Waals surface area contributed by atoms with E-state index in [1.807, 2.05) is 49.4 Å². The highest BCUT2D eigenvalue weighted by Crippen LogP contribution is 2.35. The third-order valence-corrected chi connectivity index (χ3v) is 6.75. The molecule has 3 aromatic rings. The minimum Gasteiger partial charge on any atom is -0.490 e. The van der Waals surface area contributed by atoms with E-state index in [1.165, 1.54) is 16.7 Å². The molecule has 38 heavy (non-hydrogen) atoms. The van der Waals surface area contributed by atoms with Crippen LogP contribution in [0.1, 0.15) is 35.3 Å². The second-order valence-electron chi connectivity index (χ2n) is 8.19. The lowest BCUT2D eigenvalue weighted by molar-refractivity contribution is -0.121. The Kier molecular flexibility index (Phi) is 9.10. The summed E-state index contributed by atoms with van der Waals surface area (Å²) in [5.74, 6) is 0.649. The Morgan fingerprint density at radius 2 is 1.79 bits per heavy atom. The highest BCUT2D eigenvalue weighted by molar-refractivity contribution is 8.18. The maximum absolute atomic E-state index is 12.9. The summed E-state index contributed by atoms with van der Waals surface area (Å²) in [4.78, 5) is 31.4. The van der Waals surface area contributed by atoms with Crippen LogP contribution in [0.4, 0.5) is 5.69 Å². The van der Waals surface area contributed by atoms with E-state index >= 15 is 0 Å². The van der Waals surface area contributed by atoms with Gasteiger partial charge < -0.3 is 14.2 Å². The zero-order chi connectivity index (χ0) is 27.1. The summed E-state index contributed by atoms with van der Waals surface area (Å²) in [5.41, 5.74) is 2.82. The normalized spacial score (nSPS) is 15.3. The monoisotopic (exact) mass is 550 g/mol. The van der Waals surface area contributed by atoms with Gasteiger partial charge in [-0.05, 0) is 91.3 Å². The Bertz CT molecular complexity index is 1390. The van der Waals surface area contributed by atoms with Crippen LogP contribution in [0.3, 0.4) is 0 Å². The molecule has 0 atom stereocenters. The Morgan fingerprint density at radius 1 is 1.00 bits per heavy atom. The van der Waals surface area contributed by atoms with E-state index in [1.54, 1.807) is 44.3 Å². The number of carbonyl (C=O) groups is 2. The first kappa shape index (κ1) is 27.3. The van der Waals surface area contributed by atoms with Gasteiger partial charge in [0.25, 0.3) is 5.91 Å². The third kappa shape index (κ3) is 6.76. The number of hydrogen-bond acceptors (Lipinski definition) is 7. The lowest BCUT2D eigenvalue weighted by Crippen LogP contribution is -2.23. The van der Waals surface area contributed by atoms with Crippen molar-refractivity contribution in [2.45, 2.75) is 20.5 Å². The van der Waals surface area contributed by atoms with Crippen molar-refractivity contribution in [3.8, 4) is 11.5 Å². The van der Waals surface area contributed by atoms with E-state index < -0.39 is 0 Å². The van der Waals surface area contributed by atoms with Gasteiger partial charge in [-0.15, -0.1) is 0 Å². The van der Waals surface area contributed by atoms with Crippen LogP contribution in [0.5, 0.6) is 11.5 Å². The van der Waals surface area contributed by atoms with Crippen LogP contribution in [-0.2, 0) is 16.1 Å². The van der Waals surface area contributed by atoms with Gasteiger partial charge in [0, 0.05) is 12.1 Å². The molecule has 4 rings (SSSR count). The molecule has 9 heteroatoms. The number of likely N-dealkylation sites (N-methyl/N-ethyl adjacent to an activating group) is 1. The summed E-state index contributed by atoms with van der Waals surface area (Å²) in [7, 11) is 1.68. The fraction of sp³-hybridized carbons (Fsp3) is 0.207. The molecule has 0 aliphatic carbocycles. The molecule has 0 radical (unpaired) electrons. The maximum atomic E-state index is 12.9. The molecule has 3 aromatic carbocycles. The molecule has 0 aromatic heterocycles. The zero-order valence-corrected chi connectivity index (χ0v) is 22.8.